The second kappa shape index (κ2) is 7.31. The maximum Gasteiger partial charge on any atom is 0.133 e. The molecule has 1 aliphatic heterocycles. The Morgan fingerprint density at radius 2 is 2.14 bits per heavy atom. The minimum atomic E-state index is -0.108. The average Bonchev–Trinajstić information content (AvgIpc) is 3.06. The maximum atomic E-state index is 5.74. The summed E-state index contributed by atoms with van der Waals surface area (Å²) in [7, 11) is 1.72. The van der Waals surface area contributed by atoms with E-state index in [0.29, 0.717) is 0 Å². The molecule has 0 saturated carbocycles. The van der Waals surface area contributed by atoms with Crippen LogP contribution in [0.15, 0.2) is 28.8 Å². The van der Waals surface area contributed by atoms with E-state index < -0.39 is 0 Å². The van der Waals surface area contributed by atoms with Gasteiger partial charge in [0, 0.05) is 47.6 Å². The Morgan fingerprint density at radius 1 is 1.39 bits per heavy atom. The third kappa shape index (κ3) is 2.85. The van der Waals surface area contributed by atoms with Gasteiger partial charge in [-0.3, -0.25) is 0 Å². The number of nitrogens with one attached hydrogen (secondary N) is 1. The van der Waals surface area contributed by atoms with Crippen LogP contribution in [-0.4, -0.2) is 25.3 Å². The molecule has 28 heavy (non-hydrogen) atoms. The topological polar surface area (TPSA) is 34.2 Å². The number of hydrogen-bond acceptors (Lipinski definition) is 2. The Hall–Kier alpha value is -2.22. The maximum absolute atomic E-state index is 5.74. The van der Waals surface area contributed by atoms with Crippen LogP contribution in [0, 0.1) is 12.3 Å². The van der Waals surface area contributed by atoms with Crippen LogP contribution < -0.4 is 4.74 Å². The molecule has 3 nitrogen and oxygen atoms in total. The monoisotopic (exact) mass is 437 g/mol. The van der Waals surface area contributed by atoms with E-state index in [1.807, 2.05) is 19.1 Å². The second-order valence-electron chi connectivity index (χ2n) is 7.50. The van der Waals surface area contributed by atoms with Crippen molar-refractivity contribution in [3.63, 3.8) is 0 Å². The fourth-order valence-electron chi connectivity index (χ4n) is 4.68. The molecule has 1 saturated heterocycles. The standard InChI is InChI=1S/C24H24BrNO2/c1-5-15(3)11-21-17(6-2)18-12-16-13-20(25)22(27-4)14-19(16)24(23(18)26-21)7-9-28-10-8-24/h1,6,11,13-14,26H,2,7-10,12H2,3-4H3/b15-11+. The fraction of sp³-hybridized carbons (Fsp3) is 0.333. The van der Waals surface area contributed by atoms with Crippen LogP contribution in [0.1, 0.15) is 53.4 Å². The molecule has 2 aliphatic rings. The van der Waals surface area contributed by atoms with Gasteiger partial charge in [0.25, 0.3) is 0 Å². The number of aromatic amines is 1. The molecular weight excluding hydrogens is 414 g/mol. The van der Waals surface area contributed by atoms with E-state index in [1.54, 1.807) is 7.11 Å². The lowest BCUT2D eigenvalue weighted by atomic mass is 9.65. The van der Waals surface area contributed by atoms with Crippen molar-refractivity contribution in [2.45, 2.75) is 31.6 Å². The molecule has 144 valence electrons. The van der Waals surface area contributed by atoms with Gasteiger partial charge in [0.15, 0.2) is 0 Å². The van der Waals surface area contributed by atoms with Gasteiger partial charge in [0.1, 0.15) is 5.75 Å². The number of aromatic nitrogens is 1. The van der Waals surface area contributed by atoms with Crippen molar-refractivity contribution in [3.05, 3.63) is 62.4 Å². The number of methoxy groups -OCH3 is 1. The number of halogens is 1. The zero-order valence-corrected chi connectivity index (χ0v) is 17.9. The number of hydrogen-bond donors (Lipinski definition) is 1. The molecule has 0 unspecified atom stereocenters. The lowest BCUT2D eigenvalue weighted by molar-refractivity contribution is 0.0608. The fourth-order valence-corrected chi connectivity index (χ4v) is 5.23. The molecule has 4 rings (SSSR count). The number of benzene rings is 1. The summed E-state index contributed by atoms with van der Waals surface area (Å²) in [4.78, 5) is 3.72. The van der Waals surface area contributed by atoms with Crippen molar-refractivity contribution < 1.29 is 9.47 Å². The van der Waals surface area contributed by atoms with Gasteiger partial charge in [-0.2, -0.15) is 0 Å². The van der Waals surface area contributed by atoms with Crippen LogP contribution in [0.5, 0.6) is 5.75 Å². The third-order valence-electron chi connectivity index (χ3n) is 6.05. The number of allylic oxidation sites excluding steroid dienone is 1. The Balaban J connectivity index is 1.99. The molecule has 1 fully saturated rings. The predicted octanol–water partition coefficient (Wildman–Crippen LogP) is 5.47. The summed E-state index contributed by atoms with van der Waals surface area (Å²) in [5.41, 5.74) is 8.23. The van der Waals surface area contributed by atoms with E-state index in [0.717, 1.165) is 59.5 Å². The van der Waals surface area contributed by atoms with Crippen LogP contribution in [-0.2, 0) is 16.6 Å². The zero-order valence-electron chi connectivity index (χ0n) is 16.3. The molecule has 1 aromatic carbocycles. The number of ether oxygens (including phenoxy) is 2. The summed E-state index contributed by atoms with van der Waals surface area (Å²) in [5.74, 6) is 3.59. The van der Waals surface area contributed by atoms with E-state index in [9.17, 15) is 0 Å². The summed E-state index contributed by atoms with van der Waals surface area (Å²) >= 11 is 3.66. The molecule has 0 atom stereocenters. The van der Waals surface area contributed by atoms with Crippen LogP contribution >= 0.6 is 15.9 Å². The molecule has 0 bridgehead atoms. The van der Waals surface area contributed by atoms with E-state index in [-0.39, 0.29) is 5.41 Å². The van der Waals surface area contributed by atoms with E-state index in [2.05, 4.69) is 45.5 Å². The van der Waals surface area contributed by atoms with Crippen LogP contribution in [0.4, 0.5) is 0 Å². The van der Waals surface area contributed by atoms with Crippen molar-refractivity contribution in [1.29, 1.82) is 0 Å². The molecule has 0 radical (unpaired) electrons. The SMILES string of the molecule is C#C/C(C)=C/c1[nH]c2c(c1C=C)Cc1cc(Br)c(OC)cc1C21CCOCC1. The van der Waals surface area contributed by atoms with Gasteiger partial charge in [0.05, 0.1) is 11.6 Å². The van der Waals surface area contributed by atoms with Gasteiger partial charge in [0.2, 0.25) is 0 Å². The number of terminal acetylenes is 1. The summed E-state index contributed by atoms with van der Waals surface area (Å²) in [6.45, 7) is 7.53. The van der Waals surface area contributed by atoms with Gasteiger partial charge in [-0.1, -0.05) is 18.6 Å². The lowest BCUT2D eigenvalue weighted by Crippen LogP contribution is -2.39. The Morgan fingerprint density at radius 3 is 2.79 bits per heavy atom. The van der Waals surface area contributed by atoms with Gasteiger partial charge in [-0.05, 0) is 70.6 Å². The normalized spacial score (nSPS) is 17.6. The van der Waals surface area contributed by atoms with Gasteiger partial charge < -0.3 is 14.5 Å². The van der Waals surface area contributed by atoms with Crippen molar-refractivity contribution >= 4 is 28.1 Å². The van der Waals surface area contributed by atoms with Crippen molar-refractivity contribution in [2.75, 3.05) is 20.3 Å². The average molecular weight is 438 g/mol. The number of rotatable bonds is 3. The summed E-state index contributed by atoms with van der Waals surface area (Å²) in [6.07, 6.45) is 12.3. The summed E-state index contributed by atoms with van der Waals surface area (Å²) < 4.78 is 12.3. The third-order valence-corrected chi connectivity index (χ3v) is 6.67. The van der Waals surface area contributed by atoms with Gasteiger partial charge in [-0.15, -0.1) is 6.42 Å². The van der Waals surface area contributed by atoms with E-state index >= 15 is 0 Å². The first-order chi connectivity index (χ1) is 13.5. The minimum Gasteiger partial charge on any atom is -0.496 e. The molecular formula is C24H24BrNO2. The van der Waals surface area contributed by atoms with Gasteiger partial charge >= 0.3 is 0 Å². The van der Waals surface area contributed by atoms with Crippen molar-refractivity contribution in [3.8, 4) is 18.1 Å². The molecule has 1 N–H and O–H groups in total. The quantitative estimate of drug-likeness (QED) is 0.646. The molecule has 1 spiro atoms. The second-order valence-corrected chi connectivity index (χ2v) is 8.35. The number of H-pyrrole nitrogens is 1. The molecule has 4 heteroatoms. The van der Waals surface area contributed by atoms with Crippen molar-refractivity contribution in [1.82, 2.24) is 4.98 Å². The largest absolute Gasteiger partial charge is 0.496 e. The summed E-state index contributed by atoms with van der Waals surface area (Å²) in [5, 5.41) is 0. The first-order valence-electron chi connectivity index (χ1n) is 9.51. The van der Waals surface area contributed by atoms with Crippen LogP contribution in [0.25, 0.3) is 12.2 Å². The molecule has 2 aromatic rings. The minimum absolute atomic E-state index is 0.108. The molecule has 1 aliphatic carbocycles. The molecule has 1 aromatic heterocycles. The van der Waals surface area contributed by atoms with E-state index in [4.69, 9.17) is 15.9 Å². The van der Waals surface area contributed by atoms with E-state index in [1.165, 1.54) is 22.4 Å². The zero-order chi connectivity index (χ0) is 19.9. The molecule has 2 heterocycles. The van der Waals surface area contributed by atoms with Crippen LogP contribution in [0.3, 0.4) is 0 Å². The smallest absolute Gasteiger partial charge is 0.133 e. The Kier molecular flexibility index (Phi) is 4.99. The molecule has 0 amide bonds. The highest BCUT2D eigenvalue weighted by Crippen LogP contribution is 2.51. The first-order valence-corrected chi connectivity index (χ1v) is 10.3. The predicted molar refractivity (Wildman–Crippen MR) is 118 cm³/mol. The first kappa shape index (κ1) is 19.1. The summed E-state index contributed by atoms with van der Waals surface area (Å²) in [6, 6.07) is 4.40. The van der Waals surface area contributed by atoms with Crippen LogP contribution in [0.2, 0.25) is 0 Å². The van der Waals surface area contributed by atoms with Crippen molar-refractivity contribution in [2.24, 2.45) is 0 Å². The van der Waals surface area contributed by atoms with Gasteiger partial charge in [-0.25, -0.2) is 0 Å². The Bertz CT molecular complexity index is 1020. The lowest BCUT2D eigenvalue weighted by Gasteiger charge is -2.42. The highest BCUT2D eigenvalue weighted by molar-refractivity contribution is 9.10. The highest BCUT2D eigenvalue weighted by atomic mass is 79.9. The Labute approximate surface area is 175 Å². The number of fused-ring (bicyclic) bond motifs is 4. The highest BCUT2D eigenvalue weighted by Gasteiger charge is 2.44.